The lowest BCUT2D eigenvalue weighted by Crippen LogP contribution is -2.21. The van der Waals surface area contributed by atoms with Crippen molar-refractivity contribution in [1.82, 2.24) is 4.57 Å². The summed E-state index contributed by atoms with van der Waals surface area (Å²) in [5.74, 6) is 0.187. The average Bonchev–Trinajstić information content (AvgIpc) is 2.36. The van der Waals surface area contributed by atoms with Gasteiger partial charge in [-0.2, -0.15) is 0 Å². The SMILES string of the molecule is Cc1ccc(OCCn2ccccc2=O)cc1F. The number of halogens is 1. The Labute approximate surface area is 104 Å². The lowest BCUT2D eigenvalue weighted by atomic mass is 10.2. The molecule has 0 N–H and O–H groups in total. The summed E-state index contributed by atoms with van der Waals surface area (Å²) >= 11 is 0. The smallest absolute Gasteiger partial charge is 0.250 e. The van der Waals surface area contributed by atoms with Crippen molar-refractivity contribution < 1.29 is 9.13 Å². The number of ether oxygens (including phenoxy) is 1. The zero-order valence-electron chi connectivity index (χ0n) is 10.1. The van der Waals surface area contributed by atoms with Gasteiger partial charge in [0.2, 0.25) is 0 Å². The van der Waals surface area contributed by atoms with Crippen LogP contribution in [0.25, 0.3) is 0 Å². The van der Waals surface area contributed by atoms with Gasteiger partial charge in [-0.05, 0) is 24.6 Å². The number of pyridine rings is 1. The molecule has 3 nitrogen and oxygen atoms in total. The highest BCUT2D eigenvalue weighted by Crippen LogP contribution is 2.15. The van der Waals surface area contributed by atoms with Crippen molar-refractivity contribution in [3.8, 4) is 5.75 Å². The third kappa shape index (κ3) is 2.97. The van der Waals surface area contributed by atoms with E-state index in [2.05, 4.69) is 0 Å². The molecule has 2 aromatic rings. The molecule has 0 bridgehead atoms. The molecule has 1 aromatic heterocycles. The number of hydrogen-bond acceptors (Lipinski definition) is 2. The van der Waals surface area contributed by atoms with Crippen LogP contribution >= 0.6 is 0 Å². The fraction of sp³-hybridized carbons (Fsp3) is 0.214. The number of aryl methyl sites for hydroxylation is 1. The van der Waals surface area contributed by atoms with E-state index in [1.54, 1.807) is 42.0 Å². The first-order chi connectivity index (χ1) is 8.66. The molecule has 1 heterocycles. The van der Waals surface area contributed by atoms with E-state index >= 15 is 0 Å². The minimum absolute atomic E-state index is 0.0730. The normalized spacial score (nSPS) is 10.3. The van der Waals surface area contributed by atoms with Crippen LogP contribution in [0.15, 0.2) is 47.4 Å². The lowest BCUT2D eigenvalue weighted by molar-refractivity contribution is 0.295. The maximum absolute atomic E-state index is 13.3. The molecule has 0 saturated carbocycles. The molecule has 0 spiro atoms. The van der Waals surface area contributed by atoms with Crippen LogP contribution < -0.4 is 10.3 Å². The molecule has 0 unspecified atom stereocenters. The monoisotopic (exact) mass is 247 g/mol. The van der Waals surface area contributed by atoms with E-state index in [0.29, 0.717) is 24.5 Å². The van der Waals surface area contributed by atoms with Crippen molar-refractivity contribution >= 4 is 0 Å². The van der Waals surface area contributed by atoms with E-state index in [4.69, 9.17) is 4.74 Å². The van der Waals surface area contributed by atoms with Gasteiger partial charge in [-0.1, -0.05) is 12.1 Å². The zero-order valence-corrected chi connectivity index (χ0v) is 10.1. The third-order valence-electron chi connectivity index (χ3n) is 2.64. The van der Waals surface area contributed by atoms with Crippen LogP contribution in [0.1, 0.15) is 5.56 Å². The second kappa shape index (κ2) is 5.49. The summed E-state index contributed by atoms with van der Waals surface area (Å²) in [6, 6.07) is 9.70. The van der Waals surface area contributed by atoms with Crippen LogP contribution in [0.4, 0.5) is 4.39 Å². The van der Waals surface area contributed by atoms with Crippen molar-refractivity contribution in [2.24, 2.45) is 0 Å². The number of aromatic nitrogens is 1. The van der Waals surface area contributed by atoms with E-state index in [1.165, 1.54) is 12.1 Å². The zero-order chi connectivity index (χ0) is 13.0. The van der Waals surface area contributed by atoms with Gasteiger partial charge in [0.15, 0.2) is 0 Å². The van der Waals surface area contributed by atoms with Crippen molar-refractivity contribution in [1.29, 1.82) is 0 Å². The molecule has 1 aromatic carbocycles. The fourth-order valence-electron chi connectivity index (χ4n) is 1.57. The standard InChI is InChI=1S/C14H14FNO2/c1-11-5-6-12(10-13(11)15)18-9-8-16-7-3-2-4-14(16)17/h2-7,10H,8-9H2,1H3. The number of nitrogens with zero attached hydrogens (tertiary/aromatic N) is 1. The minimum Gasteiger partial charge on any atom is -0.492 e. The first-order valence-corrected chi connectivity index (χ1v) is 5.71. The van der Waals surface area contributed by atoms with Crippen LogP contribution in [0.3, 0.4) is 0 Å². The summed E-state index contributed by atoms with van der Waals surface area (Å²) in [5.41, 5.74) is 0.512. The van der Waals surface area contributed by atoms with Crippen molar-refractivity contribution in [2.45, 2.75) is 13.5 Å². The summed E-state index contributed by atoms with van der Waals surface area (Å²) in [7, 11) is 0. The van der Waals surface area contributed by atoms with E-state index in [9.17, 15) is 9.18 Å². The molecule has 2 rings (SSSR count). The summed E-state index contributed by atoms with van der Waals surface area (Å²) < 4.78 is 20.2. The Balaban J connectivity index is 1.95. The van der Waals surface area contributed by atoms with Gasteiger partial charge in [0, 0.05) is 18.3 Å². The Kier molecular flexibility index (Phi) is 3.77. The average molecular weight is 247 g/mol. The van der Waals surface area contributed by atoms with Crippen molar-refractivity contribution in [3.05, 3.63) is 64.3 Å². The van der Waals surface area contributed by atoms with Gasteiger partial charge in [0.25, 0.3) is 5.56 Å². The van der Waals surface area contributed by atoms with Crippen molar-refractivity contribution in [2.75, 3.05) is 6.61 Å². The number of hydrogen-bond donors (Lipinski definition) is 0. The van der Waals surface area contributed by atoms with E-state index < -0.39 is 0 Å². The number of rotatable bonds is 4. The first-order valence-electron chi connectivity index (χ1n) is 5.71. The predicted octanol–water partition coefficient (Wildman–Crippen LogP) is 2.37. The molecule has 4 heteroatoms. The lowest BCUT2D eigenvalue weighted by Gasteiger charge is -2.08. The van der Waals surface area contributed by atoms with Crippen molar-refractivity contribution in [3.63, 3.8) is 0 Å². The predicted molar refractivity (Wildman–Crippen MR) is 67.3 cm³/mol. The molecule has 0 fully saturated rings. The van der Waals surface area contributed by atoms with Crippen LogP contribution in [-0.4, -0.2) is 11.2 Å². The summed E-state index contributed by atoms with van der Waals surface area (Å²) in [5, 5.41) is 0. The largest absolute Gasteiger partial charge is 0.492 e. The Bertz CT molecular complexity index is 592. The molecule has 94 valence electrons. The van der Waals surface area contributed by atoms with Gasteiger partial charge >= 0.3 is 0 Å². The van der Waals surface area contributed by atoms with Crippen LogP contribution in [0.2, 0.25) is 0 Å². The molecule has 0 amide bonds. The van der Waals surface area contributed by atoms with Gasteiger partial charge in [0.05, 0.1) is 6.54 Å². The fourth-order valence-corrected chi connectivity index (χ4v) is 1.57. The van der Waals surface area contributed by atoms with Crippen LogP contribution in [0.5, 0.6) is 5.75 Å². The Morgan fingerprint density at radius 1 is 1.28 bits per heavy atom. The van der Waals surface area contributed by atoms with Crippen LogP contribution in [-0.2, 0) is 6.54 Å². The van der Waals surface area contributed by atoms with E-state index in [-0.39, 0.29) is 11.4 Å². The second-order valence-electron chi connectivity index (χ2n) is 3.99. The quantitative estimate of drug-likeness (QED) is 0.830. The Morgan fingerprint density at radius 2 is 2.11 bits per heavy atom. The third-order valence-corrected chi connectivity index (χ3v) is 2.64. The van der Waals surface area contributed by atoms with Gasteiger partial charge < -0.3 is 9.30 Å². The Morgan fingerprint density at radius 3 is 2.83 bits per heavy atom. The van der Waals surface area contributed by atoms with Crippen LogP contribution in [0, 0.1) is 12.7 Å². The summed E-state index contributed by atoms with van der Waals surface area (Å²) in [6.07, 6.45) is 1.70. The molecular weight excluding hydrogens is 233 g/mol. The van der Waals surface area contributed by atoms with Gasteiger partial charge in [-0.3, -0.25) is 4.79 Å². The molecule has 0 atom stereocenters. The highest BCUT2D eigenvalue weighted by Gasteiger charge is 2.00. The minimum atomic E-state index is -0.288. The molecule has 0 saturated heterocycles. The molecule has 0 radical (unpaired) electrons. The molecule has 0 aliphatic carbocycles. The summed E-state index contributed by atoms with van der Waals surface area (Å²) in [6.45, 7) is 2.46. The second-order valence-corrected chi connectivity index (χ2v) is 3.99. The number of benzene rings is 1. The van der Waals surface area contributed by atoms with Gasteiger partial charge in [0.1, 0.15) is 18.2 Å². The molecule has 0 aliphatic rings. The van der Waals surface area contributed by atoms with E-state index in [0.717, 1.165) is 0 Å². The van der Waals surface area contributed by atoms with Gasteiger partial charge in [-0.15, -0.1) is 0 Å². The highest BCUT2D eigenvalue weighted by atomic mass is 19.1. The maximum Gasteiger partial charge on any atom is 0.250 e. The molecule has 0 aliphatic heterocycles. The Hall–Kier alpha value is -2.10. The van der Waals surface area contributed by atoms with Gasteiger partial charge in [-0.25, -0.2) is 4.39 Å². The molecular formula is C14H14FNO2. The van der Waals surface area contributed by atoms with E-state index in [1.807, 2.05) is 0 Å². The maximum atomic E-state index is 13.3. The highest BCUT2D eigenvalue weighted by molar-refractivity contribution is 5.27. The first kappa shape index (κ1) is 12.4. The summed E-state index contributed by atoms with van der Waals surface area (Å²) in [4.78, 5) is 11.4. The topological polar surface area (TPSA) is 31.2 Å². The molecule has 18 heavy (non-hydrogen) atoms.